The van der Waals surface area contributed by atoms with E-state index < -0.39 is 5.60 Å². The van der Waals surface area contributed by atoms with Crippen LogP contribution in [0.25, 0.3) is 11.3 Å². The molecule has 3 aromatic rings. The number of hydrogen-bond acceptors (Lipinski definition) is 2. The quantitative estimate of drug-likeness (QED) is 0.642. The lowest BCUT2D eigenvalue weighted by Gasteiger charge is -2.18. The largest absolute Gasteiger partial charge is 0.369 e. The third kappa shape index (κ3) is 1.84. The van der Waals surface area contributed by atoms with Crippen molar-refractivity contribution in [3.8, 4) is 23.1 Å². The topological polar surface area (TPSA) is 33.1 Å². The highest BCUT2D eigenvalue weighted by Gasteiger charge is 2.41. The minimum absolute atomic E-state index is 0.750. The molecule has 0 bridgehead atoms. The van der Waals surface area contributed by atoms with Crippen LogP contribution in [0.15, 0.2) is 72.9 Å². The number of nitrogens with zero attached hydrogens (tertiary/aromatic N) is 1. The molecule has 2 nitrogen and oxygen atoms in total. The van der Waals surface area contributed by atoms with Crippen LogP contribution < -0.4 is 0 Å². The molecule has 4 rings (SSSR count). The average Bonchev–Trinajstić information content (AvgIpc) is 2.85. The van der Waals surface area contributed by atoms with Crippen LogP contribution in [0.2, 0.25) is 0 Å². The van der Waals surface area contributed by atoms with Gasteiger partial charge in [-0.15, -0.1) is 0 Å². The predicted molar refractivity (Wildman–Crippen MR) is 86.0 cm³/mol. The first kappa shape index (κ1) is 12.8. The van der Waals surface area contributed by atoms with E-state index in [-0.39, 0.29) is 0 Å². The highest BCUT2D eigenvalue weighted by Crippen LogP contribution is 2.45. The van der Waals surface area contributed by atoms with Gasteiger partial charge >= 0.3 is 0 Å². The van der Waals surface area contributed by atoms with Crippen molar-refractivity contribution < 1.29 is 5.11 Å². The van der Waals surface area contributed by atoms with E-state index in [0.29, 0.717) is 0 Å². The van der Waals surface area contributed by atoms with Gasteiger partial charge in [0.05, 0.1) is 5.69 Å². The molecule has 1 aromatic heterocycles. The average molecular weight is 283 g/mol. The molecule has 22 heavy (non-hydrogen) atoms. The number of pyridine rings is 1. The van der Waals surface area contributed by atoms with Crippen molar-refractivity contribution in [2.75, 3.05) is 0 Å². The molecule has 0 aliphatic heterocycles. The summed E-state index contributed by atoms with van der Waals surface area (Å²) in [5, 5.41) is 11.2. The van der Waals surface area contributed by atoms with Gasteiger partial charge in [-0.3, -0.25) is 4.98 Å². The first-order valence-electron chi connectivity index (χ1n) is 7.15. The second-order valence-electron chi connectivity index (χ2n) is 5.27. The minimum atomic E-state index is -1.31. The smallest absolute Gasteiger partial charge is 0.180 e. The number of rotatable bonds is 0. The summed E-state index contributed by atoms with van der Waals surface area (Å²) in [6.07, 6.45) is 1.74. The maximum Gasteiger partial charge on any atom is 0.180 e. The lowest BCUT2D eigenvalue weighted by molar-refractivity contribution is 0.150. The fourth-order valence-electron chi connectivity index (χ4n) is 2.88. The summed E-state index contributed by atoms with van der Waals surface area (Å²) in [5.41, 5.74) is 2.87. The van der Waals surface area contributed by atoms with Crippen molar-refractivity contribution >= 4 is 0 Å². The van der Waals surface area contributed by atoms with E-state index >= 15 is 0 Å². The van der Waals surface area contributed by atoms with Crippen LogP contribution in [0.4, 0.5) is 0 Å². The van der Waals surface area contributed by atoms with E-state index in [9.17, 15) is 5.11 Å². The first-order chi connectivity index (χ1) is 10.8. The molecule has 1 heterocycles. The number of fused-ring (bicyclic) bond motifs is 3. The molecule has 1 atom stereocenters. The Morgan fingerprint density at radius 2 is 1.55 bits per heavy atom. The Morgan fingerprint density at radius 1 is 0.818 bits per heavy atom. The Kier molecular flexibility index (Phi) is 2.82. The number of aromatic nitrogens is 1. The number of benzene rings is 2. The molecule has 2 aromatic carbocycles. The van der Waals surface area contributed by atoms with Gasteiger partial charge in [-0.05, 0) is 18.2 Å². The van der Waals surface area contributed by atoms with Crippen molar-refractivity contribution in [3.05, 3.63) is 89.6 Å². The lowest BCUT2D eigenvalue weighted by Crippen LogP contribution is -2.22. The maximum atomic E-state index is 11.2. The van der Waals surface area contributed by atoms with Crippen molar-refractivity contribution in [2.24, 2.45) is 0 Å². The standard InChI is InChI=1S/C20H13NO/c22-20(13-12-15-7-2-1-3-8-15)17-10-5-4-9-16(17)19-18(20)11-6-14-21-19/h1-11,14,22H. The molecule has 1 aliphatic rings. The Hall–Kier alpha value is -2.89. The van der Waals surface area contributed by atoms with E-state index in [4.69, 9.17) is 0 Å². The van der Waals surface area contributed by atoms with Crippen LogP contribution in [-0.4, -0.2) is 10.1 Å². The van der Waals surface area contributed by atoms with Crippen LogP contribution in [0.5, 0.6) is 0 Å². The molecule has 1 aliphatic carbocycles. The van der Waals surface area contributed by atoms with Crippen molar-refractivity contribution in [1.82, 2.24) is 4.98 Å². The summed E-state index contributed by atoms with van der Waals surface area (Å²) in [5.74, 6) is 6.13. The Balaban J connectivity index is 1.93. The molecule has 104 valence electrons. The van der Waals surface area contributed by atoms with Gasteiger partial charge in [-0.25, -0.2) is 0 Å². The molecular formula is C20H13NO. The molecule has 0 radical (unpaired) electrons. The molecule has 0 spiro atoms. The Labute approximate surface area is 129 Å². The first-order valence-corrected chi connectivity index (χ1v) is 7.15. The van der Waals surface area contributed by atoms with E-state index in [1.165, 1.54) is 0 Å². The summed E-state index contributed by atoms with van der Waals surface area (Å²) < 4.78 is 0. The fraction of sp³-hybridized carbons (Fsp3) is 0.0500. The molecule has 0 saturated carbocycles. The van der Waals surface area contributed by atoms with E-state index in [2.05, 4.69) is 16.8 Å². The number of aliphatic hydroxyl groups is 1. The monoisotopic (exact) mass is 283 g/mol. The van der Waals surface area contributed by atoms with Crippen LogP contribution in [0, 0.1) is 11.8 Å². The normalized spacial score (nSPS) is 18.0. The summed E-state index contributed by atoms with van der Waals surface area (Å²) in [6, 6.07) is 21.2. The fourth-order valence-corrected chi connectivity index (χ4v) is 2.88. The summed E-state index contributed by atoms with van der Waals surface area (Å²) in [4.78, 5) is 4.42. The van der Waals surface area contributed by atoms with Crippen molar-refractivity contribution in [3.63, 3.8) is 0 Å². The van der Waals surface area contributed by atoms with Crippen LogP contribution in [0.1, 0.15) is 16.7 Å². The third-order valence-electron chi connectivity index (χ3n) is 3.93. The maximum absolute atomic E-state index is 11.2. The Bertz CT molecular complexity index is 858. The lowest BCUT2D eigenvalue weighted by atomic mass is 9.92. The molecule has 0 fully saturated rings. The van der Waals surface area contributed by atoms with E-state index in [0.717, 1.165) is 27.9 Å². The van der Waals surface area contributed by atoms with Crippen LogP contribution in [-0.2, 0) is 5.60 Å². The SMILES string of the molecule is OC1(C#Cc2ccccc2)c2ccccc2-c2ncccc21. The molecular weight excluding hydrogens is 270 g/mol. The molecule has 0 saturated heterocycles. The third-order valence-corrected chi connectivity index (χ3v) is 3.93. The molecule has 1 N–H and O–H groups in total. The summed E-state index contributed by atoms with van der Waals surface area (Å²) >= 11 is 0. The van der Waals surface area contributed by atoms with Gasteiger partial charge in [-0.1, -0.05) is 60.4 Å². The van der Waals surface area contributed by atoms with Gasteiger partial charge in [0.25, 0.3) is 0 Å². The van der Waals surface area contributed by atoms with Crippen molar-refractivity contribution in [2.45, 2.75) is 5.60 Å². The van der Waals surface area contributed by atoms with Gasteiger partial charge in [0.1, 0.15) is 0 Å². The minimum Gasteiger partial charge on any atom is -0.369 e. The Morgan fingerprint density at radius 3 is 2.41 bits per heavy atom. The molecule has 1 unspecified atom stereocenters. The van der Waals surface area contributed by atoms with Gasteiger partial charge in [-0.2, -0.15) is 0 Å². The zero-order chi connectivity index (χ0) is 15.0. The second kappa shape index (κ2) is 4.84. The molecule has 2 heteroatoms. The van der Waals surface area contributed by atoms with Gasteiger partial charge < -0.3 is 5.11 Å². The second-order valence-corrected chi connectivity index (χ2v) is 5.27. The molecule has 0 amide bonds. The highest BCUT2D eigenvalue weighted by molar-refractivity contribution is 5.79. The summed E-state index contributed by atoms with van der Waals surface area (Å²) in [7, 11) is 0. The van der Waals surface area contributed by atoms with Crippen molar-refractivity contribution in [1.29, 1.82) is 0 Å². The zero-order valence-electron chi connectivity index (χ0n) is 11.8. The predicted octanol–water partition coefficient (Wildman–Crippen LogP) is 3.35. The number of hydrogen-bond donors (Lipinski definition) is 1. The highest BCUT2D eigenvalue weighted by atomic mass is 16.3. The van der Waals surface area contributed by atoms with Gasteiger partial charge in [0.2, 0.25) is 0 Å². The van der Waals surface area contributed by atoms with E-state index in [1.54, 1.807) is 6.20 Å². The summed E-state index contributed by atoms with van der Waals surface area (Å²) in [6.45, 7) is 0. The van der Waals surface area contributed by atoms with Gasteiger partial charge in [0, 0.05) is 28.5 Å². The van der Waals surface area contributed by atoms with E-state index in [1.807, 2.05) is 66.7 Å². The zero-order valence-corrected chi connectivity index (χ0v) is 11.8. The van der Waals surface area contributed by atoms with Gasteiger partial charge in [0.15, 0.2) is 5.60 Å². The van der Waals surface area contributed by atoms with Crippen LogP contribution in [0.3, 0.4) is 0 Å². The van der Waals surface area contributed by atoms with Crippen LogP contribution >= 0.6 is 0 Å².